The lowest BCUT2D eigenvalue weighted by molar-refractivity contribution is -0.119. The first-order valence-electron chi connectivity index (χ1n) is 6.61. The minimum absolute atomic E-state index is 0.227. The highest BCUT2D eigenvalue weighted by Gasteiger charge is 2.31. The van der Waals surface area contributed by atoms with E-state index in [0.29, 0.717) is 31.0 Å². The Morgan fingerprint density at radius 1 is 1.38 bits per heavy atom. The highest BCUT2D eigenvalue weighted by molar-refractivity contribution is 5.75. The number of hydrogen-bond acceptors (Lipinski definition) is 2. The molecule has 1 saturated carbocycles. The third-order valence-electron chi connectivity index (χ3n) is 3.75. The van der Waals surface area contributed by atoms with Crippen LogP contribution in [0.25, 0.3) is 0 Å². The second-order valence-electron chi connectivity index (χ2n) is 5.69. The van der Waals surface area contributed by atoms with Gasteiger partial charge in [-0.1, -0.05) is 27.2 Å². The number of hydrogen-bond donors (Lipinski definition) is 0. The van der Waals surface area contributed by atoms with E-state index in [9.17, 15) is 4.79 Å². The predicted octanol–water partition coefficient (Wildman–Crippen LogP) is 3.44. The molecule has 0 aromatic heterocycles. The highest BCUT2D eigenvalue weighted by Crippen LogP contribution is 2.35. The summed E-state index contributed by atoms with van der Waals surface area (Å²) in [7, 11) is 0. The summed E-state index contributed by atoms with van der Waals surface area (Å²) in [6.45, 7) is 9.10. The number of ether oxygens (including phenoxy) is 1. The van der Waals surface area contributed by atoms with Gasteiger partial charge < -0.3 is 4.74 Å². The Bertz CT molecular complexity index is 223. The average Bonchev–Trinajstić information content (AvgIpc) is 2.16. The summed E-state index contributed by atoms with van der Waals surface area (Å²) in [6.07, 6.45) is 4.72. The molecule has 0 saturated heterocycles. The molecule has 0 aromatic rings. The van der Waals surface area contributed by atoms with Crippen molar-refractivity contribution >= 4 is 5.78 Å². The van der Waals surface area contributed by atoms with Crippen LogP contribution in [0.3, 0.4) is 0 Å². The average molecular weight is 226 g/mol. The normalized spacial score (nSPS) is 30.7. The van der Waals surface area contributed by atoms with Crippen molar-refractivity contribution in [1.29, 1.82) is 0 Å². The van der Waals surface area contributed by atoms with E-state index in [1.54, 1.807) is 6.92 Å². The number of carbonyl (C=O) groups excluding carboxylic acids is 1. The van der Waals surface area contributed by atoms with E-state index < -0.39 is 0 Å². The third-order valence-corrected chi connectivity index (χ3v) is 3.75. The minimum atomic E-state index is 0.227. The SMILES string of the molecule is CC(=O)CCO[C@@H]1C[C@H](C)CC[C@H]1C(C)C. The van der Waals surface area contributed by atoms with Gasteiger partial charge in [-0.3, -0.25) is 4.79 Å². The molecule has 0 radical (unpaired) electrons. The van der Waals surface area contributed by atoms with Gasteiger partial charge in [-0.25, -0.2) is 0 Å². The van der Waals surface area contributed by atoms with Crippen LogP contribution >= 0.6 is 0 Å². The van der Waals surface area contributed by atoms with Crippen LogP contribution < -0.4 is 0 Å². The summed E-state index contributed by atoms with van der Waals surface area (Å²) in [5.41, 5.74) is 0. The summed E-state index contributed by atoms with van der Waals surface area (Å²) in [5, 5.41) is 0. The van der Waals surface area contributed by atoms with Gasteiger partial charge in [0.05, 0.1) is 12.7 Å². The quantitative estimate of drug-likeness (QED) is 0.717. The van der Waals surface area contributed by atoms with Crippen molar-refractivity contribution in [2.24, 2.45) is 17.8 Å². The van der Waals surface area contributed by atoms with Gasteiger partial charge in [-0.05, 0) is 37.5 Å². The minimum Gasteiger partial charge on any atom is -0.377 e. The molecule has 1 aliphatic rings. The van der Waals surface area contributed by atoms with Crippen LogP contribution in [0.2, 0.25) is 0 Å². The third kappa shape index (κ3) is 4.25. The van der Waals surface area contributed by atoms with E-state index in [0.717, 1.165) is 5.92 Å². The molecule has 0 bridgehead atoms. The van der Waals surface area contributed by atoms with Crippen molar-refractivity contribution in [3.05, 3.63) is 0 Å². The second kappa shape index (κ2) is 6.39. The topological polar surface area (TPSA) is 26.3 Å². The van der Waals surface area contributed by atoms with Gasteiger partial charge in [0.25, 0.3) is 0 Å². The molecule has 1 fully saturated rings. The van der Waals surface area contributed by atoms with Crippen molar-refractivity contribution in [3.63, 3.8) is 0 Å². The monoisotopic (exact) mass is 226 g/mol. The van der Waals surface area contributed by atoms with E-state index in [4.69, 9.17) is 4.74 Å². The maximum atomic E-state index is 10.9. The van der Waals surface area contributed by atoms with E-state index >= 15 is 0 Å². The van der Waals surface area contributed by atoms with E-state index in [-0.39, 0.29) is 5.78 Å². The summed E-state index contributed by atoms with van der Waals surface area (Å²) in [6, 6.07) is 0. The van der Waals surface area contributed by atoms with Crippen LogP contribution in [0, 0.1) is 17.8 Å². The smallest absolute Gasteiger partial charge is 0.132 e. The molecule has 0 aromatic carbocycles. The molecular weight excluding hydrogens is 200 g/mol. The van der Waals surface area contributed by atoms with Crippen LogP contribution in [-0.4, -0.2) is 18.5 Å². The number of carbonyl (C=O) groups is 1. The van der Waals surface area contributed by atoms with Crippen molar-refractivity contribution < 1.29 is 9.53 Å². The van der Waals surface area contributed by atoms with Gasteiger partial charge in [-0.2, -0.15) is 0 Å². The first-order chi connectivity index (χ1) is 7.50. The Morgan fingerprint density at radius 2 is 2.06 bits per heavy atom. The summed E-state index contributed by atoms with van der Waals surface area (Å²) in [5.74, 6) is 2.38. The van der Waals surface area contributed by atoms with Crippen LogP contribution in [0.5, 0.6) is 0 Å². The molecule has 1 rings (SSSR count). The van der Waals surface area contributed by atoms with E-state index in [1.165, 1.54) is 19.3 Å². The molecule has 2 nitrogen and oxygen atoms in total. The number of ketones is 1. The lowest BCUT2D eigenvalue weighted by Gasteiger charge is -2.37. The predicted molar refractivity (Wildman–Crippen MR) is 66.4 cm³/mol. The van der Waals surface area contributed by atoms with Crippen LogP contribution in [0.1, 0.15) is 53.4 Å². The largest absolute Gasteiger partial charge is 0.377 e. The maximum absolute atomic E-state index is 10.9. The summed E-state index contributed by atoms with van der Waals surface area (Å²) >= 11 is 0. The highest BCUT2D eigenvalue weighted by atomic mass is 16.5. The Hall–Kier alpha value is -0.370. The Balaban J connectivity index is 2.41. The Labute approximate surface area is 99.8 Å². The summed E-state index contributed by atoms with van der Waals surface area (Å²) in [4.78, 5) is 10.9. The van der Waals surface area contributed by atoms with Gasteiger partial charge in [0.15, 0.2) is 0 Å². The van der Waals surface area contributed by atoms with Crippen LogP contribution in [0.4, 0.5) is 0 Å². The zero-order chi connectivity index (χ0) is 12.1. The van der Waals surface area contributed by atoms with Crippen molar-refractivity contribution in [2.75, 3.05) is 6.61 Å². The van der Waals surface area contributed by atoms with E-state index in [1.807, 2.05) is 0 Å². The van der Waals surface area contributed by atoms with Gasteiger partial charge >= 0.3 is 0 Å². The van der Waals surface area contributed by atoms with Gasteiger partial charge in [-0.15, -0.1) is 0 Å². The molecule has 2 heteroatoms. The maximum Gasteiger partial charge on any atom is 0.132 e. The molecular formula is C14H26O2. The molecule has 0 heterocycles. The first kappa shape index (κ1) is 13.7. The van der Waals surface area contributed by atoms with Crippen LogP contribution in [0.15, 0.2) is 0 Å². The molecule has 1 aliphatic carbocycles. The van der Waals surface area contributed by atoms with Crippen LogP contribution in [-0.2, 0) is 9.53 Å². The molecule has 0 unspecified atom stereocenters. The second-order valence-corrected chi connectivity index (χ2v) is 5.69. The standard InChI is InChI=1S/C14H26O2/c1-10(2)13-6-5-11(3)9-14(13)16-8-7-12(4)15/h10-11,13-14H,5-9H2,1-4H3/t11-,13+,14-/m1/s1. The van der Waals surface area contributed by atoms with E-state index in [2.05, 4.69) is 20.8 Å². The lowest BCUT2D eigenvalue weighted by atomic mass is 9.75. The Kier molecular flexibility index (Phi) is 5.47. The summed E-state index contributed by atoms with van der Waals surface area (Å²) < 4.78 is 5.92. The molecule has 0 N–H and O–H groups in total. The number of Topliss-reactive ketones (excluding diaryl/α,β-unsaturated/α-hetero) is 1. The molecule has 0 amide bonds. The first-order valence-corrected chi connectivity index (χ1v) is 6.61. The zero-order valence-electron chi connectivity index (χ0n) is 11.2. The van der Waals surface area contributed by atoms with Crippen molar-refractivity contribution in [3.8, 4) is 0 Å². The zero-order valence-corrected chi connectivity index (χ0v) is 11.2. The lowest BCUT2D eigenvalue weighted by Crippen LogP contribution is -2.34. The fourth-order valence-electron chi connectivity index (χ4n) is 2.66. The molecule has 0 spiro atoms. The number of rotatable bonds is 5. The van der Waals surface area contributed by atoms with Gasteiger partial charge in [0, 0.05) is 6.42 Å². The molecule has 3 atom stereocenters. The fourth-order valence-corrected chi connectivity index (χ4v) is 2.66. The molecule has 94 valence electrons. The molecule has 16 heavy (non-hydrogen) atoms. The van der Waals surface area contributed by atoms with Crippen molar-refractivity contribution in [1.82, 2.24) is 0 Å². The Morgan fingerprint density at radius 3 is 2.62 bits per heavy atom. The fraction of sp³-hybridized carbons (Fsp3) is 0.929. The molecule has 0 aliphatic heterocycles. The van der Waals surface area contributed by atoms with Gasteiger partial charge in [0.2, 0.25) is 0 Å². The van der Waals surface area contributed by atoms with Crippen molar-refractivity contribution in [2.45, 2.75) is 59.5 Å². The van der Waals surface area contributed by atoms with Gasteiger partial charge in [0.1, 0.15) is 5.78 Å².